The van der Waals surface area contributed by atoms with E-state index in [0.717, 1.165) is 17.9 Å². The van der Waals surface area contributed by atoms with E-state index < -0.39 is 10.0 Å². The van der Waals surface area contributed by atoms with Crippen LogP contribution in [0.25, 0.3) is 0 Å². The highest BCUT2D eigenvalue weighted by molar-refractivity contribution is 7.88. The molecule has 8 heteroatoms. The van der Waals surface area contributed by atoms with Gasteiger partial charge in [0.05, 0.1) is 19.4 Å². The highest BCUT2D eigenvalue weighted by Crippen LogP contribution is 2.29. The number of sulfonamides is 1. The van der Waals surface area contributed by atoms with E-state index in [1.807, 2.05) is 23.1 Å². The third-order valence-electron chi connectivity index (χ3n) is 5.71. The largest absolute Gasteiger partial charge is 0.497 e. The zero-order valence-electron chi connectivity index (χ0n) is 16.3. The Morgan fingerprint density at radius 3 is 2.48 bits per heavy atom. The number of methoxy groups -OCH3 is 1. The van der Waals surface area contributed by atoms with Crippen molar-refractivity contribution >= 4 is 15.9 Å². The molecule has 1 aromatic carbocycles. The number of piperidine rings is 1. The fourth-order valence-corrected chi connectivity index (χ4v) is 4.85. The highest BCUT2D eigenvalue weighted by atomic mass is 32.2. The van der Waals surface area contributed by atoms with Crippen LogP contribution in [0.5, 0.6) is 5.75 Å². The van der Waals surface area contributed by atoms with Crippen LogP contribution in [0, 0.1) is 5.92 Å². The van der Waals surface area contributed by atoms with E-state index in [-0.39, 0.29) is 17.9 Å². The van der Waals surface area contributed by atoms with E-state index in [1.165, 1.54) is 10.6 Å². The molecule has 0 aromatic heterocycles. The number of hydrogen-bond acceptors (Lipinski definition) is 5. The summed E-state index contributed by atoms with van der Waals surface area (Å²) in [7, 11) is 0.566. The van der Waals surface area contributed by atoms with Crippen LogP contribution in [0.2, 0.25) is 0 Å². The lowest BCUT2D eigenvalue weighted by atomic mass is 9.95. The molecule has 1 aromatic rings. The molecular formula is C19H29N3O4S. The van der Waals surface area contributed by atoms with Gasteiger partial charge in [0.15, 0.2) is 0 Å². The van der Waals surface area contributed by atoms with E-state index in [0.29, 0.717) is 39.0 Å². The van der Waals surface area contributed by atoms with E-state index in [9.17, 15) is 13.2 Å². The Kier molecular flexibility index (Phi) is 6.08. The van der Waals surface area contributed by atoms with Crippen LogP contribution in [0.3, 0.4) is 0 Å². The van der Waals surface area contributed by atoms with Crippen molar-refractivity contribution in [1.82, 2.24) is 14.1 Å². The molecular weight excluding hydrogens is 366 g/mol. The maximum atomic E-state index is 13.0. The zero-order valence-corrected chi connectivity index (χ0v) is 17.1. The SMILES string of the molecule is COc1cccc(C2CN(C(=O)C3CCN(S(C)(=O)=O)CC3)CCN2C)c1. The molecule has 2 saturated heterocycles. The minimum atomic E-state index is -3.17. The van der Waals surface area contributed by atoms with E-state index >= 15 is 0 Å². The molecule has 1 atom stereocenters. The van der Waals surface area contributed by atoms with Crippen molar-refractivity contribution in [2.24, 2.45) is 5.92 Å². The normalized spacial score (nSPS) is 23.4. The van der Waals surface area contributed by atoms with Gasteiger partial charge in [-0.3, -0.25) is 9.69 Å². The standard InChI is InChI=1S/C19H29N3O4S/c1-20-11-12-21(14-18(20)16-5-4-6-17(13-16)26-2)19(23)15-7-9-22(10-8-15)27(3,24)25/h4-6,13,15,18H,7-12,14H2,1-3H3. The maximum absolute atomic E-state index is 13.0. The number of ether oxygens (including phenoxy) is 1. The van der Waals surface area contributed by atoms with Crippen LogP contribution in [0.1, 0.15) is 24.4 Å². The van der Waals surface area contributed by atoms with Crippen molar-refractivity contribution in [3.63, 3.8) is 0 Å². The Balaban J connectivity index is 1.66. The van der Waals surface area contributed by atoms with E-state index in [4.69, 9.17) is 4.74 Å². The summed E-state index contributed by atoms with van der Waals surface area (Å²) < 4.78 is 30.1. The molecule has 2 aliphatic rings. The third-order valence-corrected chi connectivity index (χ3v) is 7.01. The number of benzene rings is 1. The van der Waals surface area contributed by atoms with Gasteiger partial charge in [-0.15, -0.1) is 0 Å². The molecule has 3 rings (SSSR count). The third kappa shape index (κ3) is 4.62. The minimum absolute atomic E-state index is 0.0858. The van der Waals surface area contributed by atoms with Gasteiger partial charge in [-0.05, 0) is 37.6 Å². The second-order valence-corrected chi connectivity index (χ2v) is 9.48. The first-order valence-corrected chi connectivity index (χ1v) is 11.2. The van der Waals surface area contributed by atoms with Gasteiger partial charge in [-0.25, -0.2) is 12.7 Å². The molecule has 27 heavy (non-hydrogen) atoms. The minimum Gasteiger partial charge on any atom is -0.497 e. The van der Waals surface area contributed by atoms with Crippen molar-refractivity contribution < 1.29 is 17.9 Å². The molecule has 0 bridgehead atoms. The summed E-state index contributed by atoms with van der Waals surface area (Å²) in [6.07, 6.45) is 2.43. The Bertz CT molecular complexity index is 775. The van der Waals surface area contributed by atoms with Crippen LogP contribution in [0.4, 0.5) is 0 Å². The number of nitrogens with zero attached hydrogens (tertiary/aromatic N) is 3. The number of rotatable bonds is 4. The number of carbonyl (C=O) groups excluding carboxylic acids is 1. The molecule has 0 aliphatic carbocycles. The monoisotopic (exact) mass is 395 g/mol. The first-order valence-electron chi connectivity index (χ1n) is 9.37. The van der Waals surface area contributed by atoms with Crippen molar-refractivity contribution in [3.05, 3.63) is 29.8 Å². The van der Waals surface area contributed by atoms with Crippen LogP contribution in [-0.4, -0.2) is 81.6 Å². The summed E-state index contributed by atoms with van der Waals surface area (Å²) in [5.41, 5.74) is 1.14. The molecule has 2 aliphatic heterocycles. The second-order valence-electron chi connectivity index (χ2n) is 7.49. The summed E-state index contributed by atoms with van der Waals surface area (Å²) >= 11 is 0. The van der Waals surface area contributed by atoms with Crippen LogP contribution in [0.15, 0.2) is 24.3 Å². The van der Waals surface area contributed by atoms with Gasteiger partial charge in [-0.2, -0.15) is 0 Å². The summed E-state index contributed by atoms with van der Waals surface area (Å²) in [6, 6.07) is 8.13. The molecule has 7 nitrogen and oxygen atoms in total. The molecule has 0 spiro atoms. The van der Waals surface area contributed by atoms with Gasteiger partial charge in [0.2, 0.25) is 15.9 Å². The fourth-order valence-electron chi connectivity index (χ4n) is 3.98. The smallest absolute Gasteiger partial charge is 0.225 e. The highest BCUT2D eigenvalue weighted by Gasteiger charge is 2.35. The topological polar surface area (TPSA) is 70.2 Å². The van der Waals surface area contributed by atoms with Crippen LogP contribution in [-0.2, 0) is 14.8 Å². The number of hydrogen-bond donors (Lipinski definition) is 0. The van der Waals surface area contributed by atoms with Crippen molar-refractivity contribution in [2.75, 3.05) is 53.1 Å². The molecule has 2 fully saturated rings. The summed E-state index contributed by atoms with van der Waals surface area (Å²) in [5, 5.41) is 0. The molecule has 2 heterocycles. The van der Waals surface area contributed by atoms with E-state index in [1.54, 1.807) is 7.11 Å². The van der Waals surface area contributed by atoms with Gasteiger partial charge in [-0.1, -0.05) is 12.1 Å². The quantitative estimate of drug-likeness (QED) is 0.766. The Morgan fingerprint density at radius 1 is 1.15 bits per heavy atom. The molecule has 0 radical (unpaired) electrons. The lowest BCUT2D eigenvalue weighted by Crippen LogP contribution is -2.52. The van der Waals surface area contributed by atoms with Crippen LogP contribution < -0.4 is 4.74 Å². The van der Waals surface area contributed by atoms with Gasteiger partial charge in [0, 0.05) is 38.6 Å². The number of piperazine rings is 1. The summed E-state index contributed by atoms with van der Waals surface area (Å²) in [4.78, 5) is 17.2. The van der Waals surface area contributed by atoms with Gasteiger partial charge >= 0.3 is 0 Å². The molecule has 0 saturated carbocycles. The van der Waals surface area contributed by atoms with Gasteiger partial charge in [0.25, 0.3) is 0 Å². The summed E-state index contributed by atoms with van der Waals surface area (Å²) in [6.45, 7) is 3.04. The first-order chi connectivity index (χ1) is 12.8. The van der Waals surface area contributed by atoms with E-state index in [2.05, 4.69) is 18.0 Å². The Hall–Kier alpha value is -1.64. The molecule has 1 amide bonds. The number of likely N-dealkylation sites (N-methyl/N-ethyl adjacent to an activating group) is 1. The molecule has 150 valence electrons. The van der Waals surface area contributed by atoms with Gasteiger partial charge < -0.3 is 9.64 Å². The van der Waals surface area contributed by atoms with Crippen molar-refractivity contribution in [1.29, 1.82) is 0 Å². The fraction of sp³-hybridized carbons (Fsp3) is 0.632. The lowest BCUT2D eigenvalue weighted by molar-refractivity contribution is -0.139. The zero-order chi connectivity index (χ0) is 19.6. The second kappa shape index (κ2) is 8.16. The summed E-state index contributed by atoms with van der Waals surface area (Å²) in [5.74, 6) is 0.888. The lowest BCUT2D eigenvalue weighted by Gasteiger charge is -2.42. The molecule has 1 unspecified atom stereocenters. The number of amides is 1. The van der Waals surface area contributed by atoms with Crippen molar-refractivity contribution in [2.45, 2.75) is 18.9 Å². The Morgan fingerprint density at radius 2 is 1.85 bits per heavy atom. The average Bonchev–Trinajstić information content (AvgIpc) is 2.67. The predicted octanol–water partition coefficient (Wildman–Crippen LogP) is 1.18. The first kappa shape index (κ1) is 20.1. The number of carbonyl (C=O) groups is 1. The van der Waals surface area contributed by atoms with Crippen LogP contribution >= 0.6 is 0 Å². The maximum Gasteiger partial charge on any atom is 0.225 e. The average molecular weight is 396 g/mol. The van der Waals surface area contributed by atoms with Crippen molar-refractivity contribution in [3.8, 4) is 5.75 Å². The predicted molar refractivity (Wildman–Crippen MR) is 104 cm³/mol. The molecule has 0 N–H and O–H groups in total. The Labute approximate surface area is 161 Å². The van der Waals surface area contributed by atoms with Gasteiger partial charge in [0.1, 0.15) is 5.75 Å².